The lowest BCUT2D eigenvalue weighted by atomic mass is 9.89. The van der Waals surface area contributed by atoms with E-state index in [2.05, 4.69) is 15.5 Å². The second-order valence-corrected chi connectivity index (χ2v) is 15.1. The SMILES string of the molecule is CC(C)(O/N=C(\C(=O)C[C@@H]1C(=O)N2C(C(=O)O)=C(C[N+]3(CCNC(=O)C(=O)c4cc(O)c(O)c(F)c4)CCCC3)CS[C@H]12)c1csc(N)n1)C(=O)O. The number of anilines is 1. The Hall–Kier alpha value is -5.08. The molecule has 0 aliphatic carbocycles. The first-order valence-corrected chi connectivity index (χ1v) is 17.9. The molecule has 1 aromatic carbocycles. The van der Waals surface area contributed by atoms with Crippen LogP contribution >= 0.6 is 23.1 Å². The van der Waals surface area contributed by atoms with E-state index in [4.69, 9.17) is 10.6 Å². The van der Waals surface area contributed by atoms with Crippen molar-refractivity contribution in [3.8, 4) is 11.5 Å². The number of carboxylic acid groups (broad SMARTS) is 2. The van der Waals surface area contributed by atoms with E-state index in [0.717, 1.165) is 30.2 Å². The van der Waals surface area contributed by atoms with E-state index in [1.807, 2.05) is 0 Å². The predicted molar refractivity (Wildman–Crippen MR) is 183 cm³/mol. The quantitative estimate of drug-likeness (QED) is 0.0284. The van der Waals surface area contributed by atoms with Crippen LogP contribution in [0.2, 0.25) is 0 Å². The Morgan fingerprint density at radius 2 is 1.87 bits per heavy atom. The van der Waals surface area contributed by atoms with Gasteiger partial charge >= 0.3 is 11.9 Å². The molecule has 0 unspecified atom stereocenters. The number of β-lactam (4-membered cyclic amide) rings is 1. The number of likely N-dealkylation sites (tertiary alicyclic amines) is 1. The number of nitrogens with zero attached hydrogens (tertiary/aromatic N) is 4. The summed E-state index contributed by atoms with van der Waals surface area (Å²) in [6, 6.07) is 1.42. The molecule has 4 heterocycles. The van der Waals surface area contributed by atoms with Crippen molar-refractivity contribution in [3.63, 3.8) is 0 Å². The smallest absolute Gasteiger partial charge is 0.352 e. The number of phenols is 2. The normalized spacial score (nSPS) is 19.9. The van der Waals surface area contributed by atoms with E-state index in [0.29, 0.717) is 35.8 Å². The van der Waals surface area contributed by atoms with Crippen molar-refractivity contribution < 1.29 is 62.9 Å². The van der Waals surface area contributed by atoms with Crippen molar-refractivity contribution in [2.75, 3.05) is 44.2 Å². The van der Waals surface area contributed by atoms with Gasteiger partial charge in [0.2, 0.25) is 17.3 Å². The number of halogens is 1. The summed E-state index contributed by atoms with van der Waals surface area (Å²) in [6.07, 6.45) is 1.26. The van der Waals surface area contributed by atoms with Crippen molar-refractivity contribution in [1.29, 1.82) is 0 Å². The van der Waals surface area contributed by atoms with Gasteiger partial charge in [-0.25, -0.2) is 19.0 Å². The third-order valence-corrected chi connectivity index (χ3v) is 11.2. The largest absolute Gasteiger partial charge is 0.504 e. The van der Waals surface area contributed by atoms with E-state index in [1.54, 1.807) is 0 Å². The molecule has 2 aromatic rings. The number of nitrogen functional groups attached to an aromatic ring is 1. The fourth-order valence-electron chi connectivity index (χ4n) is 6.28. The van der Waals surface area contributed by atoms with Crippen molar-refractivity contribution >= 4 is 69.3 Å². The zero-order chi connectivity index (χ0) is 38.1. The van der Waals surface area contributed by atoms with Gasteiger partial charge in [0, 0.05) is 41.5 Å². The molecule has 2 amide bonds. The predicted octanol–water partition coefficient (Wildman–Crippen LogP) is 1.30. The number of amides is 2. The van der Waals surface area contributed by atoms with Crippen molar-refractivity contribution in [3.05, 3.63) is 45.9 Å². The van der Waals surface area contributed by atoms with E-state index >= 15 is 0 Å². The van der Waals surface area contributed by atoms with Crippen molar-refractivity contribution in [2.24, 2.45) is 11.1 Å². The van der Waals surface area contributed by atoms with Gasteiger partial charge in [-0.15, -0.1) is 23.1 Å². The van der Waals surface area contributed by atoms with Crippen molar-refractivity contribution in [1.82, 2.24) is 15.2 Å². The molecule has 2 fully saturated rings. The number of rotatable bonds is 15. The first-order valence-electron chi connectivity index (χ1n) is 16.0. The number of hydrogen-bond acceptors (Lipinski definition) is 14. The molecule has 0 bridgehead atoms. The number of ketones is 2. The number of benzene rings is 1. The molecule has 278 valence electrons. The molecule has 0 spiro atoms. The number of phenolic OH excluding ortho intramolecular Hbond substituents is 2. The Morgan fingerprint density at radius 3 is 2.46 bits per heavy atom. The summed E-state index contributed by atoms with van der Waals surface area (Å²) in [7, 11) is 0. The van der Waals surface area contributed by atoms with E-state index in [9.17, 15) is 53.6 Å². The van der Waals surface area contributed by atoms with Gasteiger partial charge in [0.05, 0.1) is 37.5 Å². The summed E-state index contributed by atoms with van der Waals surface area (Å²) >= 11 is 2.32. The topological polar surface area (TPSA) is 259 Å². The number of Topliss-reactive ketones (excluding diaryl/α,β-unsaturated/α-hetero) is 2. The third kappa shape index (κ3) is 7.72. The van der Waals surface area contributed by atoms with Crippen LogP contribution < -0.4 is 11.1 Å². The molecule has 2 saturated heterocycles. The van der Waals surface area contributed by atoms with Crippen LogP contribution in [0.15, 0.2) is 33.9 Å². The molecule has 2 atom stereocenters. The van der Waals surface area contributed by atoms with E-state index < -0.39 is 75.1 Å². The average Bonchev–Trinajstić information content (AvgIpc) is 3.73. The van der Waals surface area contributed by atoms with Gasteiger partial charge in [0.15, 0.2) is 33.9 Å². The maximum absolute atomic E-state index is 13.8. The van der Waals surface area contributed by atoms with Gasteiger partial charge in [0.1, 0.15) is 17.9 Å². The molecule has 7 N–H and O–H groups in total. The second-order valence-electron chi connectivity index (χ2n) is 13.1. The van der Waals surface area contributed by atoms with Crippen LogP contribution in [-0.4, -0.2) is 125 Å². The summed E-state index contributed by atoms with van der Waals surface area (Å²) in [5.74, 6) is -9.97. The number of thioether (sulfide) groups is 1. The lowest BCUT2D eigenvalue weighted by Crippen LogP contribution is -2.63. The molecular weight excluding hydrogens is 728 g/mol. The summed E-state index contributed by atoms with van der Waals surface area (Å²) in [4.78, 5) is 86.7. The monoisotopic (exact) mass is 763 g/mol. The third-order valence-electron chi connectivity index (χ3n) is 9.10. The number of nitrogens with two attached hydrogens (primary N) is 1. The molecule has 52 heavy (non-hydrogen) atoms. The van der Waals surface area contributed by atoms with Crippen LogP contribution in [0.5, 0.6) is 11.5 Å². The number of nitrogens with one attached hydrogen (secondary N) is 1. The maximum atomic E-state index is 13.8. The zero-order valence-electron chi connectivity index (χ0n) is 28.0. The molecule has 5 rings (SSSR count). The summed E-state index contributed by atoms with van der Waals surface area (Å²) in [5, 5.41) is 45.9. The van der Waals surface area contributed by atoms with Crippen LogP contribution in [0.25, 0.3) is 0 Å². The highest BCUT2D eigenvalue weighted by Gasteiger charge is 2.55. The molecule has 1 aromatic heterocycles. The maximum Gasteiger partial charge on any atom is 0.352 e. The highest BCUT2D eigenvalue weighted by atomic mass is 32.2. The molecular formula is C32H36FN6O11S2+. The fourth-order valence-corrected chi connectivity index (χ4v) is 8.23. The Balaban J connectivity index is 1.28. The molecule has 3 aliphatic heterocycles. The summed E-state index contributed by atoms with van der Waals surface area (Å²) < 4.78 is 14.2. The van der Waals surface area contributed by atoms with Gasteiger partial charge in [0.25, 0.3) is 5.91 Å². The highest BCUT2D eigenvalue weighted by Crippen LogP contribution is 2.46. The summed E-state index contributed by atoms with van der Waals surface area (Å²) in [5.41, 5.74) is 3.52. The van der Waals surface area contributed by atoms with E-state index in [-0.39, 0.29) is 47.5 Å². The van der Waals surface area contributed by atoms with Gasteiger partial charge < -0.3 is 40.8 Å². The minimum Gasteiger partial charge on any atom is -0.504 e. The molecule has 3 aliphatic rings. The number of oxime groups is 1. The summed E-state index contributed by atoms with van der Waals surface area (Å²) in [6.45, 7) is 4.32. The number of carboxylic acids is 2. The molecule has 0 saturated carbocycles. The zero-order valence-corrected chi connectivity index (χ0v) is 29.6. The van der Waals surface area contributed by atoms with Gasteiger partial charge in [-0.05, 0) is 26.0 Å². The van der Waals surface area contributed by atoms with Gasteiger partial charge in [-0.3, -0.25) is 24.1 Å². The van der Waals surface area contributed by atoms with Crippen molar-refractivity contribution in [2.45, 2.75) is 44.1 Å². The number of carbonyl (C=O) groups is 6. The highest BCUT2D eigenvalue weighted by molar-refractivity contribution is 8.00. The second kappa shape index (κ2) is 14.9. The number of hydrogen-bond donors (Lipinski definition) is 6. The van der Waals surface area contributed by atoms with Crippen LogP contribution in [0.4, 0.5) is 9.52 Å². The van der Waals surface area contributed by atoms with Crippen LogP contribution in [0, 0.1) is 11.7 Å². The molecule has 20 heteroatoms. The number of aliphatic carboxylic acids is 2. The number of aromatic hydroxyl groups is 2. The van der Waals surface area contributed by atoms with E-state index in [1.165, 1.54) is 35.9 Å². The first-order chi connectivity index (χ1) is 24.4. The molecule has 0 radical (unpaired) electrons. The Bertz CT molecular complexity index is 1880. The minimum absolute atomic E-state index is 0.0112. The van der Waals surface area contributed by atoms with Gasteiger partial charge in [-0.2, -0.15) is 0 Å². The average molecular weight is 764 g/mol. The van der Waals surface area contributed by atoms with Gasteiger partial charge in [-0.1, -0.05) is 5.16 Å². The number of fused-ring (bicyclic) bond motifs is 1. The Labute approximate surface area is 303 Å². The lowest BCUT2D eigenvalue weighted by Gasteiger charge is -2.50. The number of thiazole rings is 1. The fraction of sp³-hybridized carbons (Fsp3) is 0.438. The molecule has 17 nitrogen and oxygen atoms in total. The minimum atomic E-state index is -1.79. The number of carbonyl (C=O) groups excluding carboxylic acids is 4. The Morgan fingerprint density at radius 1 is 1.17 bits per heavy atom. The first kappa shape index (κ1) is 38.2. The Kier molecular flexibility index (Phi) is 10.9. The van der Waals surface area contributed by atoms with Crippen LogP contribution in [0.3, 0.4) is 0 Å². The van der Waals surface area contributed by atoms with Crippen LogP contribution in [0.1, 0.15) is 49.2 Å². The number of quaternary nitrogens is 1. The van der Waals surface area contributed by atoms with Crippen LogP contribution in [-0.2, 0) is 28.8 Å². The number of aromatic nitrogens is 1. The standard InChI is InChI=1S/C32H35FN6O11S2/c1-32(2,30(48)49)50-37-22(19-14-52-31(34)36-19)20(40)11-17-27(45)38-23(29(46)47)16(13-51-28(17)38)12-39(6-3-4-7-39)8-5-35-26(44)24(42)15-9-18(33)25(43)21(41)10-15/h9-10,14,17,28H,3-8,11-13H2,1-2H3,(H6-,34,35,36,37,40,41,42,43,44,46,47,48,49)/p+1/t17-,28-/m1/s1. The lowest BCUT2D eigenvalue weighted by molar-refractivity contribution is -0.911.